The first-order valence-electron chi connectivity index (χ1n) is 4.03. The Hall–Kier alpha value is -0.0800. The highest BCUT2D eigenvalue weighted by molar-refractivity contribution is 9.09. The predicted molar refractivity (Wildman–Crippen MR) is 61.1 cm³/mol. The molecule has 0 fully saturated rings. The zero-order chi connectivity index (χ0) is 8.97. The molecule has 0 nitrogen and oxygen atoms in total. The lowest BCUT2D eigenvalue weighted by Gasteiger charge is -1.98. The summed E-state index contributed by atoms with van der Waals surface area (Å²) in [6, 6.07) is 2.19. The van der Waals surface area contributed by atoms with Gasteiger partial charge in [0.1, 0.15) is 0 Å². The van der Waals surface area contributed by atoms with Crippen molar-refractivity contribution >= 4 is 32.8 Å². The van der Waals surface area contributed by atoms with Crippen molar-refractivity contribution in [2.75, 3.05) is 5.33 Å². The van der Waals surface area contributed by atoms with Crippen molar-refractivity contribution in [1.29, 1.82) is 0 Å². The highest BCUT2D eigenvalue weighted by Crippen LogP contribution is 2.23. The molecule has 1 heterocycles. The van der Waals surface area contributed by atoms with Crippen molar-refractivity contribution in [3.8, 4) is 0 Å². The molecule has 2 heteroatoms. The van der Waals surface area contributed by atoms with E-state index in [0.717, 1.165) is 11.8 Å². The van der Waals surface area contributed by atoms with Crippen LogP contribution in [-0.4, -0.2) is 5.33 Å². The molecule has 1 aromatic rings. The molecule has 1 rings (SSSR count). The van der Waals surface area contributed by atoms with Crippen LogP contribution >= 0.6 is 27.3 Å². The van der Waals surface area contributed by atoms with Gasteiger partial charge in [0.05, 0.1) is 0 Å². The fourth-order valence-electron chi connectivity index (χ4n) is 1.18. The Morgan fingerprint density at radius 3 is 2.92 bits per heavy atom. The van der Waals surface area contributed by atoms with Crippen molar-refractivity contribution in [3.63, 3.8) is 0 Å². The van der Waals surface area contributed by atoms with Crippen LogP contribution in [0.3, 0.4) is 0 Å². The van der Waals surface area contributed by atoms with Gasteiger partial charge in [0.2, 0.25) is 0 Å². The van der Waals surface area contributed by atoms with Crippen LogP contribution in [0.5, 0.6) is 0 Å². The average molecular weight is 245 g/mol. The summed E-state index contributed by atoms with van der Waals surface area (Å²) >= 11 is 5.23. The SMILES string of the molecule is C/C(=C/CCBr)c1ccsc1C. The highest BCUT2D eigenvalue weighted by Gasteiger charge is 1.99. The largest absolute Gasteiger partial charge is 0.149 e. The highest BCUT2D eigenvalue weighted by atomic mass is 79.9. The van der Waals surface area contributed by atoms with Crippen LogP contribution in [0.1, 0.15) is 23.8 Å². The van der Waals surface area contributed by atoms with E-state index < -0.39 is 0 Å². The number of hydrogen-bond acceptors (Lipinski definition) is 1. The van der Waals surface area contributed by atoms with Gasteiger partial charge in [0, 0.05) is 10.2 Å². The molecule has 0 spiro atoms. The zero-order valence-corrected chi connectivity index (χ0v) is 9.83. The minimum absolute atomic E-state index is 1.05. The Labute approximate surface area is 86.4 Å². The molecule has 0 aliphatic carbocycles. The lowest BCUT2D eigenvalue weighted by Crippen LogP contribution is -1.78. The molecule has 0 amide bonds. The molecule has 0 N–H and O–H groups in total. The predicted octanol–water partition coefficient (Wildman–Crippen LogP) is 4.24. The zero-order valence-electron chi connectivity index (χ0n) is 7.43. The summed E-state index contributed by atoms with van der Waals surface area (Å²) in [5, 5.41) is 3.20. The standard InChI is InChI=1S/C10H13BrS/c1-8(4-3-6-11)10-5-7-12-9(10)2/h4-5,7H,3,6H2,1-2H3/b8-4-. The molecule has 0 atom stereocenters. The minimum Gasteiger partial charge on any atom is -0.149 e. The molecule has 0 aliphatic rings. The first kappa shape index (κ1) is 10.0. The van der Waals surface area contributed by atoms with E-state index >= 15 is 0 Å². The van der Waals surface area contributed by atoms with Gasteiger partial charge in [0.25, 0.3) is 0 Å². The number of hydrogen-bond donors (Lipinski definition) is 0. The molecule has 0 unspecified atom stereocenters. The van der Waals surface area contributed by atoms with Gasteiger partial charge in [-0.15, -0.1) is 11.3 Å². The summed E-state index contributed by atoms with van der Waals surface area (Å²) in [5.74, 6) is 0. The monoisotopic (exact) mass is 244 g/mol. The Balaban J connectivity index is 2.77. The van der Waals surface area contributed by atoms with Crippen LogP contribution in [-0.2, 0) is 0 Å². The van der Waals surface area contributed by atoms with Crippen molar-refractivity contribution < 1.29 is 0 Å². The molecule has 0 aromatic carbocycles. The van der Waals surface area contributed by atoms with E-state index in [2.05, 4.69) is 47.3 Å². The van der Waals surface area contributed by atoms with Gasteiger partial charge in [-0.1, -0.05) is 22.0 Å². The summed E-state index contributed by atoms with van der Waals surface area (Å²) in [4.78, 5) is 1.42. The molecule has 1 aromatic heterocycles. The molecule has 0 bridgehead atoms. The third-order valence-corrected chi connectivity index (χ3v) is 3.15. The molecule has 0 aliphatic heterocycles. The number of thiophene rings is 1. The fraction of sp³-hybridized carbons (Fsp3) is 0.400. The van der Waals surface area contributed by atoms with Gasteiger partial charge >= 0.3 is 0 Å². The quantitative estimate of drug-likeness (QED) is 0.698. The second-order valence-corrected chi connectivity index (χ2v) is 4.67. The lowest BCUT2D eigenvalue weighted by molar-refractivity contribution is 1.26. The third-order valence-electron chi connectivity index (χ3n) is 1.84. The van der Waals surface area contributed by atoms with E-state index in [-0.39, 0.29) is 0 Å². The summed E-state index contributed by atoms with van der Waals surface area (Å²) in [5.41, 5.74) is 2.80. The van der Waals surface area contributed by atoms with E-state index in [9.17, 15) is 0 Å². The maximum Gasteiger partial charge on any atom is 0.00891 e. The van der Waals surface area contributed by atoms with Crippen molar-refractivity contribution in [2.24, 2.45) is 0 Å². The summed E-state index contributed by atoms with van der Waals surface area (Å²) < 4.78 is 0. The smallest absolute Gasteiger partial charge is 0.00891 e. The van der Waals surface area contributed by atoms with E-state index in [0.29, 0.717) is 0 Å². The van der Waals surface area contributed by atoms with Crippen LogP contribution in [0, 0.1) is 6.92 Å². The normalized spacial score (nSPS) is 12.1. The Morgan fingerprint density at radius 1 is 1.67 bits per heavy atom. The molecule has 0 saturated heterocycles. The average Bonchev–Trinajstić information content (AvgIpc) is 2.47. The first-order chi connectivity index (χ1) is 5.75. The summed E-state index contributed by atoms with van der Waals surface area (Å²) in [7, 11) is 0. The Kier molecular flexibility index (Phi) is 4.02. The van der Waals surface area contributed by atoms with E-state index in [1.54, 1.807) is 0 Å². The van der Waals surface area contributed by atoms with Gasteiger partial charge in [-0.05, 0) is 42.9 Å². The minimum atomic E-state index is 1.05. The van der Waals surface area contributed by atoms with Gasteiger partial charge in [-0.2, -0.15) is 0 Å². The molecule has 12 heavy (non-hydrogen) atoms. The van der Waals surface area contributed by atoms with E-state index in [4.69, 9.17) is 0 Å². The van der Waals surface area contributed by atoms with Crippen LogP contribution in [0.2, 0.25) is 0 Å². The van der Waals surface area contributed by atoms with Gasteiger partial charge in [-0.25, -0.2) is 0 Å². The molecule has 0 radical (unpaired) electrons. The second-order valence-electron chi connectivity index (χ2n) is 2.76. The van der Waals surface area contributed by atoms with Crippen molar-refractivity contribution in [2.45, 2.75) is 20.3 Å². The molecular formula is C10H13BrS. The number of aryl methyl sites for hydroxylation is 1. The Morgan fingerprint density at radius 2 is 2.42 bits per heavy atom. The number of halogens is 1. The molecule has 66 valence electrons. The Bertz CT molecular complexity index is 273. The van der Waals surface area contributed by atoms with Gasteiger partial charge in [-0.3, -0.25) is 0 Å². The number of allylic oxidation sites excluding steroid dienone is 2. The van der Waals surface area contributed by atoms with Crippen LogP contribution in [0.4, 0.5) is 0 Å². The topological polar surface area (TPSA) is 0 Å². The van der Waals surface area contributed by atoms with Crippen molar-refractivity contribution in [3.05, 3.63) is 28.0 Å². The molecular weight excluding hydrogens is 232 g/mol. The molecule has 0 saturated carbocycles. The third kappa shape index (κ3) is 2.46. The first-order valence-corrected chi connectivity index (χ1v) is 6.03. The number of alkyl halides is 1. The van der Waals surface area contributed by atoms with Crippen LogP contribution in [0.25, 0.3) is 5.57 Å². The number of rotatable bonds is 3. The van der Waals surface area contributed by atoms with Crippen LogP contribution in [0.15, 0.2) is 17.5 Å². The summed E-state index contributed by atoms with van der Waals surface area (Å²) in [6.07, 6.45) is 3.39. The fourth-order valence-corrected chi connectivity index (χ4v) is 2.17. The van der Waals surface area contributed by atoms with E-state index in [1.165, 1.54) is 16.0 Å². The maximum atomic E-state index is 3.42. The van der Waals surface area contributed by atoms with Gasteiger partial charge < -0.3 is 0 Å². The maximum absolute atomic E-state index is 3.42. The summed E-state index contributed by atoms with van der Waals surface area (Å²) in [6.45, 7) is 4.35. The van der Waals surface area contributed by atoms with Crippen molar-refractivity contribution in [1.82, 2.24) is 0 Å². The second kappa shape index (κ2) is 4.83. The lowest BCUT2D eigenvalue weighted by atomic mass is 10.1. The van der Waals surface area contributed by atoms with Crippen LogP contribution < -0.4 is 0 Å². The van der Waals surface area contributed by atoms with Gasteiger partial charge in [0.15, 0.2) is 0 Å². The van der Waals surface area contributed by atoms with E-state index in [1.807, 2.05) is 11.3 Å².